The minimum Gasteiger partial charge on any atom is -0.357 e. The Balaban J connectivity index is 1.62. The largest absolute Gasteiger partial charge is 0.357 e. The molecule has 1 fully saturated rings. The molecule has 5 nitrogen and oxygen atoms in total. The first kappa shape index (κ1) is 21.3. The molecule has 1 aliphatic carbocycles. The van der Waals surface area contributed by atoms with Crippen LogP contribution in [0.1, 0.15) is 55.8 Å². The van der Waals surface area contributed by atoms with Gasteiger partial charge in [0.2, 0.25) is 0 Å². The van der Waals surface area contributed by atoms with Gasteiger partial charge in [-0.2, -0.15) is 0 Å². The van der Waals surface area contributed by atoms with E-state index in [0.717, 1.165) is 30.8 Å². The van der Waals surface area contributed by atoms with Gasteiger partial charge in [-0.3, -0.25) is 9.88 Å². The molecule has 0 atom stereocenters. The van der Waals surface area contributed by atoms with Gasteiger partial charge in [-0.25, -0.2) is 4.99 Å². The van der Waals surface area contributed by atoms with Crippen LogP contribution in [0.3, 0.4) is 0 Å². The van der Waals surface area contributed by atoms with Gasteiger partial charge < -0.3 is 10.6 Å². The van der Waals surface area contributed by atoms with Crippen LogP contribution in [0, 0.1) is 0 Å². The molecule has 0 saturated heterocycles. The van der Waals surface area contributed by atoms with Gasteiger partial charge in [0.15, 0.2) is 5.96 Å². The summed E-state index contributed by atoms with van der Waals surface area (Å²) in [7, 11) is 2.27. The molecule has 0 bridgehead atoms. The van der Waals surface area contributed by atoms with E-state index >= 15 is 0 Å². The zero-order valence-corrected chi connectivity index (χ0v) is 17.9. The molecule has 2 aromatic rings. The number of pyridine rings is 1. The molecule has 156 valence electrons. The second kappa shape index (κ2) is 11.6. The number of aromatic nitrogens is 1. The summed E-state index contributed by atoms with van der Waals surface area (Å²) in [6.45, 7) is 5.25. The summed E-state index contributed by atoms with van der Waals surface area (Å²) in [5, 5.41) is 6.72. The predicted octanol–water partition coefficient (Wildman–Crippen LogP) is 4.10. The van der Waals surface area contributed by atoms with E-state index in [4.69, 9.17) is 4.99 Å². The highest BCUT2D eigenvalue weighted by Gasteiger charge is 2.18. The molecule has 1 saturated carbocycles. The van der Waals surface area contributed by atoms with E-state index in [9.17, 15) is 0 Å². The van der Waals surface area contributed by atoms with Gasteiger partial charge in [0.1, 0.15) is 0 Å². The third-order valence-electron chi connectivity index (χ3n) is 5.65. The molecule has 29 heavy (non-hydrogen) atoms. The average molecular weight is 394 g/mol. The number of hydrogen-bond acceptors (Lipinski definition) is 3. The number of rotatable bonds is 8. The number of nitrogens with one attached hydrogen (secondary N) is 2. The average Bonchev–Trinajstić information content (AvgIpc) is 2.78. The molecule has 0 unspecified atom stereocenters. The maximum atomic E-state index is 4.83. The van der Waals surface area contributed by atoms with Crippen LogP contribution in [0.15, 0.2) is 53.7 Å². The summed E-state index contributed by atoms with van der Waals surface area (Å²) >= 11 is 0. The van der Waals surface area contributed by atoms with Crippen LogP contribution in [0.5, 0.6) is 0 Å². The predicted molar refractivity (Wildman–Crippen MR) is 121 cm³/mol. The molecular weight excluding hydrogens is 358 g/mol. The van der Waals surface area contributed by atoms with E-state index in [-0.39, 0.29) is 0 Å². The summed E-state index contributed by atoms with van der Waals surface area (Å²) in [5.41, 5.74) is 3.68. The van der Waals surface area contributed by atoms with Gasteiger partial charge in [0, 0.05) is 25.3 Å². The molecule has 0 amide bonds. The number of benzene rings is 1. The normalized spacial score (nSPS) is 15.5. The fourth-order valence-corrected chi connectivity index (χ4v) is 3.97. The summed E-state index contributed by atoms with van der Waals surface area (Å²) < 4.78 is 0. The zero-order chi connectivity index (χ0) is 20.3. The summed E-state index contributed by atoms with van der Waals surface area (Å²) in [6.07, 6.45) is 8.62. The van der Waals surface area contributed by atoms with Crippen LogP contribution < -0.4 is 10.6 Å². The number of nitrogens with zero attached hydrogens (tertiary/aromatic N) is 3. The lowest BCUT2D eigenvalue weighted by Gasteiger charge is -2.31. The highest BCUT2D eigenvalue weighted by Crippen LogP contribution is 2.23. The third-order valence-corrected chi connectivity index (χ3v) is 5.65. The van der Waals surface area contributed by atoms with Crippen molar-refractivity contribution in [2.24, 2.45) is 4.99 Å². The molecule has 0 aliphatic heterocycles. The lowest BCUT2D eigenvalue weighted by molar-refractivity contribution is 0.184. The van der Waals surface area contributed by atoms with E-state index in [2.05, 4.69) is 58.8 Å². The van der Waals surface area contributed by atoms with Crippen molar-refractivity contribution >= 4 is 5.96 Å². The van der Waals surface area contributed by atoms with Gasteiger partial charge in [0.05, 0.1) is 18.8 Å². The topological polar surface area (TPSA) is 52.6 Å². The Labute approximate surface area is 175 Å². The van der Waals surface area contributed by atoms with Crippen molar-refractivity contribution in [2.45, 2.75) is 64.7 Å². The quantitative estimate of drug-likeness (QED) is 0.524. The first-order valence-electron chi connectivity index (χ1n) is 11.0. The van der Waals surface area contributed by atoms with Crippen molar-refractivity contribution in [3.63, 3.8) is 0 Å². The van der Waals surface area contributed by atoms with Crippen molar-refractivity contribution in [3.05, 3.63) is 65.5 Å². The number of hydrogen-bond donors (Lipinski definition) is 2. The first-order chi connectivity index (χ1) is 14.3. The maximum Gasteiger partial charge on any atom is 0.191 e. The van der Waals surface area contributed by atoms with Crippen molar-refractivity contribution in [2.75, 3.05) is 13.6 Å². The number of guanidine groups is 1. The van der Waals surface area contributed by atoms with Gasteiger partial charge in [-0.1, -0.05) is 49.6 Å². The van der Waals surface area contributed by atoms with Gasteiger partial charge >= 0.3 is 0 Å². The smallest absolute Gasteiger partial charge is 0.191 e. The SMILES string of the molecule is CCNC(=NCc1ccccc1CN(C)C1CCCCC1)NCc1ccccn1. The third kappa shape index (κ3) is 6.86. The van der Waals surface area contributed by atoms with Gasteiger partial charge in [0.25, 0.3) is 0 Å². The van der Waals surface area contributed by atoms with E-state index < -0.39 is 0 Å². The second-order valence-corrected chi connectivity index (χ2v) is 7.85. The van der Waals surface area contributed by atoms with Crippen LogP contribution >= 0.6 is 0 Å². The molecule has 2 N–H and O–H groups in total. The van der Waals surface area contributed by atoms with Crippen molar-refractivity contribution < 1.29 is 0 Å². The molecule has 0 spiro atoms. The molecule has 1 aromatic carbocycles. The highest BCUT2D eigenvalue weighted by atomic mass is 15.2. The lowest BCUT2D eigenvalue weighted by atomic mass is 9.94. The monoisotopic (exact) mass is 393 g/mol. The van der Waals surface area contributed by atoms with Crippen LogP contribution in [0.25, 0.3) is 0 Å². The van der Waals surface area contributed by atoms with Crippen molar-refractivity contribution in [1.29, 1.82) is 0 Å². The summed E-state index contributed by atoms with van der Waals surface area (Å²) in [4.78, 5) is 11.7. The van der Waals surface area contributed by atoms with E-state index in [1.165, 1.54) is 43.2 Å². The summed E-state index contributed by atoms with van der Waals surface area (Å²) in [6, 6.07) is 15.4. The molecule has 1 aliphatic rings. The molecule has 1 heterocycles. The minimum absolute atomic E-state index is 0.665. The van der Waals surface area contributed by atoms with Crippen LogP contribution in [-0.4, -0.2) is 35.5 Å². The first-order valence-corrected chi connectivity index (χ1v) is 11.0. The Morgan fingerprint density at radius 1 is 1.03 bits per heavy atom. The Kier molecular flexibility index (Phi) is 8.50. The Hall–Kier alpha value is -2.40. The number of aliphatic imine (C=N–C) groups is 1. The van der Waals surface area contributed by atoms with Crippen LogP contribution in [-0.2, 0) is 19.6 Å². The Morgan fingerprint density at radius 2 is 1.79 bits per heavy atom. The molecular formula is C24H35N5. The fraction of sp³-hybridized carbons (Fsp3) is 0.500. The van der Waals surface area contributed by atoms with Gasteiger partial charge in [-0.15, -0.1) is 0 Å². The standard InChI is InChI=1S/C24H35N5/c1-3-25-24(28-18-22-13-9-10-16-26-22)27-17-20-11-7-8-12-21(20)19-29(2)23-14-5-4-6-15-23/h7-13,16,23H,3-6,14-15,17-19H2,1-2H3,(H2,25,27,28). The maximum absolute atomic E-state index is 4.83. The second-order valence-electron chi connectivity index (χ2n) is 7.85. The van der Waals surface area contributed by atoms with Crippen LogP contribution in [0.4, 0.5) is 0 Å². The van der Waals surface area contributed by atoms with Crippen LogP contribution in [0.2, 0.25) is 0 Å². The van der Waals surface area contributed by atoms with E-state index in [1.54, 1.807) is 0 Å². The van der Waals surface area contributed by atoms with Crippen molar-refractivity contribution in [3.8, 4) is 0 Å². The fourth-order valence-electron chi connectivity index (χ4n) is 3.97. The highest BCUT2D eigenvalue weighted by molar-refractivity contribution is 5.79. The molecule has 1 aromatic heterocycles. The minimum atomic E-state index is 0.665. The van der Waals surface area contributed by atoms with E-state index in [1.807, 2.05) is 24.4 Å². The summed E-state index contributed by atoms with van der Waals surface area (Å²) in [5.74, 6) is 0.827. The molecule has 0 radical (unpaired) electrons. The zero-order valence-electron chi connectivity index (χ0n) is 17.9. The lowest BCUT2D eigenvalue weighted by Crippen LogP contribution is -2.37. The van der Waals surface area contributed by atoms with Crippen molar-refractivity contribution in [1.82, 2.24) is 20.5 Å². The van der Waals surface area contributed by atoms with Gasteiger partial charge in [-0.05, 0) is 50.1 Å². The Bertz CT molecular complexity index is 753. The molecule has 5 heteroatoms. The Morgan fingerprint density at radius 3 is 2.52 bits per heavy atom. The molecule has 3 rings (SSSR count). The van der Waals surface area contributed by atoms with E-state index in [0.29, 0.717) is 13.1 Å².